The highest BCUT2D eigenvalue weighted by atomic mass is 127. The number of benzene rings is 2. The number of hydrogen-bond donors (Lipinski definition) is 0. The number of hydrogen-bond acceptors (Lipinski definition) is 6. The normalized spacial score (nSPS) is 12.0. The van der Waals surface area contributed by atoms with Gasteiger partial charge in [0.25, 0.3) is 11.8 Å². The summed E-state index contributed by atoms with van der Waals surface area (Å²) in [6.45, 7) is -0.254. The second kappa shape index (κ2) is 18.7. The number of aromatic nitrogens is 4. The summed E-state index contributed by atoms with van der Waals surface area (Å²) in [6.07, 6.45) is -6.81. The first kappa shape index (κ1) is 49.5. The smallest absolute Gasteiger partial charge is 0.461 e. The number of carbonyl (C=O) groups is 2. The van der Waals surface area contributed by atoms with Gasteiger partial charge in [0.1, 0.15) is 11.4 Å². The van der Waals surface area contributed by atoms with Crippen LogP contribution in [0, 0.1) is 0 Å². The molecule has 0 aliphatic carbocycles. The summed E-state index contributed by atoms with van der Waals surface area (Å²) in [7, 11) is 6.09. The molecule has 0 aliphatic rings. The Kier molecular flexibility index (Phi) is 14.9. The van der Waals surface area contributed by atoms with E-state index < -0.39 is 58.9 Å². The molecule has 6 rings (SSSR count). The first-order valence-electron chi connectivity index (χ1n) is 17.5. The highest BCUT2D eigenvalue weighted by molar-refractivity contribution is 5.75. The Morgan fingerprint density at radius 2 is 0.758 bits per heavy atom. The monoisotopic (exact) mass is 1100 g/mol. The Hall–Kier alpha value is -5.14. The van der Waals surface area contributed by atoms with Crippen molar-refractivity contribution in [3.05, 3.63) is 109 Å². The molecule has 10 nitrogen and oxygen atoms in total. The third-order valence-corrected chi connectivity index (χ3v) is 9.10. The topological polar surface area (TPSA) is 100 Å². The number of alkyl halides is 10. The molecule has 0 fully saturated rings. The van der Waals surface area contributed by atoms with Gasteiger partial charge < -0.3 is 66.6 Å². The largest absolute Gasteiger partial charge is 1.00 e. The van der Waals surface area contributed by atoms with Crippen LogP contribution in [-0.4, -0.2) is 72.1 Å². The van der Waals surface area contributed by atoms with Crippen molar-refractivity contribution >= 4 is 11.8 Å². The average molecular weight is 1100 g/mol. The zero-order chi connectivity index (χ0) is 43.9. The van der Waals surface area contributed by atoms with E-state index in [0.717, 1.165) is 0 Å². The van der Waals surface area contributed by atoms with E-state index >= 15 is 0 Å². The molecule has 0 saturated heterocycles. The van der Waals surface area contributed by atoms with Crippen molar-refractivity contribution in [1.29, 1.82) is 0 Å². The summed E-state index contributed by atoms with van der Waals surface area (Å²) in [5.41, 5.74) is -0.901. The molecule has 0 N–H and O–H groups in total. The third kappa shape index (κ3) is 10.2. The van der Waals surface area contributed by atoms with E-state index in [9.17, 15) is 53.5 Å². The van der Waals surface area contributed by atoms with Crippen molar-refractivity contribution in [3.8, 4) is 56.6 Å². The van der Waals surface area contributed by atoms with Crippen LogP contribution in [0.25, 0.3) is 56.6 Å². The number of carbonyl (C=O) groups excluding carboxylic acids is 2. The maximum Gasteiger partial charge on any atom is 0.461 e. The molecule has 0 atom stereocenters. The van der Waals surface area contributed by atoms with Gasteiger partial charge >= 0.3 is 24.2 Å². The molecular formula is C40H32F10I2N6O4. The summed E-state index contributed by atoms with van der Waals surface area (Å²) in [5, 5.41) is 0. The molecule has 0 unspecified atom stereocenters. The van der Waals surface area contributed by atoms with Crippen LogP contribution in [0.15, 0.2) is 106 Å². The summed E-state index contributed by atoms with van der Waals surface area (Å²) in [5.74, 6) is -16.1. The van der Waals surface area contributed by atoms with Gasteiger partial charge in [0.05, 0.1) is 0 Å². The molecule has 330 valence electrons. The Morgan fingerprint density at radius 3 is 1.02 bits per heavy atom. The minimum Gasteiger partial charge on any atom is -1.00 e. The number of amides is 2. The summed E-state index contributed by atoms with van der Waals surface area (Å²) < 4.78 is 154. The molecule has 0 spiro atoms. The van der Waals surface area contributed by atoms with Crippen molar-refractivity contribution in [1.82, 2.24) is 19.8 Å². The van der Waals surface area contributed by atoms with Crippen LogP contribution < -0.4 is 57.1 Å². The molecule has 22 heteroatoms. The zero-order valence-corrected chi connectivity index (χ0v) is 36.8. The number of halogens is 12. The van der Waals surface area contributed by atoms with E-state index in [0.29, 0.717) is 11.1 Å². The minimum atomic E-state index is -6.03. The number of nitrogens with zero attached hydrogens (tertiary/aromatic N) is 6. The predicted molar refractivity (Wildman–Crippen MR) is 191 cm³/mol. The number of likely N-dealkylation sites (N-methyl/N-ethyl adjacent to an activating group) is 2. The van der Waals surface area contributed by atoms with Crippen LogP contribution >= 0.6 is 0 Å². The van der Waals surface area contributed by atoms with Crippen LogP contribution in [0.4, 0.5) is 43.9 Å². The maximum absolute atomic E-state index is 14.8. The lowest BCUT2D eigenvalue weighted by Gasteiger charge is -2.17. The number of oxazole rings is 2. The van der Waals surface area contributed by atoms with E-state index in [1.165, 1.54) is 145 Å². The van der Waals surface area contributed by atoms with Crippen LogP contribution in [0.2, 0.25) is 0 Å². The van der Waals surface area contributed by atoms with Crippen LogP contribution in [0.1, 0.15) is 11.5 Å². The fourth-order valence-electron chi connectivity index (χ4n) is 5.61. The maximum atomic E-state index is 14.8. The first-order valence-corrected chi connectivity index (χ1v) is 17.5. The lowest BCUT2D eigenvalue weighted by Crippen LogP contribution is -3.00. The third-order valence-electron chi connectivity index (χ3n) is 9.10. The Labute approximate surface area is 380 Å². The Morgan fingerprint density at radius 1 is 0.484 bits per heavy atom. The van der Waals surface area contributed by atoms with Gasteiger partial charge in [0, 0.05) is 74.7 Å². The highest BCUT2D eigenvalue weighted by Crippen LogP contribution is 2.50. The molecule has 62 heavy (non-hydrogen) atoms. The second-order valence-electron chi connectivity index (χ2n) is 13.8. The molecule has 0 bridgehead atoms. The van der Waals surface area contributed by atoms with Crippen molar-refractivity contribution in [2.45, 2.75) is 37.3 Å². The van der Waals surface area contributed by atoms with E-state index in [4.69, 9.17) is 8.83 Å². The van der Waals surface area contributed by atoms with Gasteiger partial charge in [-0.3, -0.25) is 9.59 Å². The van der Waals surface area contributed by atoms with Crippen LogP contribution in [-0.2, 0) is 34.5 Å². The summed E-state index contributed by atoms with van der Waals surface area (Å²) >= 11 is 0. The van der Waals surface area contributed by atoms with Gasteiger partial charge in [-0.15, -0.1) is 0 Å². The van der Waals surface area contributed by atoms with Gasteiger partial charge in [0.15, 0.2) is 24.8 Å². The predicted octanol–water partition coefficient (Wildman–Crippen LogP) is 2.07. The van der Waals surface area contributed by atoms with E-state index in [1.807, 2.05) is 0 Å². The Bertz CT molecular complexity index is 2330. The fraction of sp³-hybridized carbons (Fsp3) is 0.250. The number of rotatable bonds is 11. The Balaban J connectivity index is 0.00000422. The van der Waals surface area contributed by atoms with Gasteiger partial charge in [-0.25, -0.2) is 9.97 Å². The summed E-state index contributed by atoms with van der Waals surface area (Å²) in [4.78, 5) is 34.7. The van der Waals surface area contributed by atoms with Crippen molar-refractivity contribution in [2.75, 3.05) is 28.2 Å². The lowest BCUT2D eigenvalue weighted by atomic mass is 10.0. The quantitative estimate of drug-likeness (QED) is 0.112. The highest BCUT2D eigenvalue weighted by Gasteiger charge is 2.64. The van der Waals surface area contributed by atoms with Gasteiger partial charge in [-0.1, -0.05) is 24.3 Å². The molecular weight excluding hydrogens is 1070 g/mol. The molecule has 6 aromatic rings. The zero-order valence-electron chi connectivity index (χ0n) is 32.5. The average Bonchev–Trinajstić information content (AvgIpc) is 3.85. The minimum absolute atomic E-state index is 0. The molecule has 4 heterocycles. The molecule has 0 aliphatic heterocycles. The van der Waals surface area contributed by atoms with Crippen molar-refractivity contribution < 1.29 is 119 Å². The van der Waals surface area contributed by atoms with Crippen LogP contribution in [0.3, 0.4) is 0 Å². The number of pyridine rings is 2. The van der Waals surface area contributed by atoms with Crippen LogP contribution in [0.5, 0.6) is 0 Å². The molecule has 0 saturated carbocycles. The van der Waals surface area contributed by atoms with Crippen molar-refractivity contribution in [3.63, 3.8) is 0 Å². The fourth-order valence-corrected chi connectivity index (χ4v) is 5.61. The van der Waals surface area contributed by atoms with E-state index in [-0.39, 0.29) is 95.1 Å². The van der Waals surface area contributed by atoms with Gasteiger partial charge in [-0.05, 0) is 35.4 Å². The van der Waals surface area contributed by atoms with Gasteiger partial charge in [0.2, 0.25) is 36.4 Å². The lowest BCUT2D eigenvalue weighted by molar-refractivity contribution is -0.685. The molecule has 2 aromatic carbocycles. The van der Waals surface area contributed by atoms with Gasteiger partial charge in [-0.2, -0.15) is 53.0 Å². The molecule has 2 amide bonds. The molecule has 4 aromatic heterocycles. The summed E-state index contributed by atoms with van der Waals surface area (Å²) in [6, 6.07) is 16.0. The second-order valence-corrected chi connectivity index (χ2v) is 13.8. The van der Waals surface area contributed by atoms with E-state index in [2.05, 4.69) is 9.97 Å². The standard InChI is InChI=1S/C40H32F10N6O4.2HI/c1-53(2)29(57)21-55-17-13-25(14-18-55)31-33(37(41,42)39(45,46)47)59-35(51-31)27-9-5-23(6-10-27)24-7-11-28(12-8-24)36-52-32(34(60-36)38(43,44)40(48,49)50)26-15-19-56(20-16-26)22-30(58)54(3)4;;/h5-20H,21-22H2,1-4H3;2*1H/q+2;;/p-2. The van der Waals surface area contributed by atoms with Crippen molar-refractivity contribution in [2.24, 2.45) is 0 Å². The first-order chi connectivity index (χ1) is 28.0. The van der Waals surface area contributed by atoms with E-state index in [1.54, 1.807) is 0 Å². The SMILES string of the molecule is CN(C)C(=O)C[n+]1ccc(-c2nc(-c3ccc(-c4ccc(-c5nc(-c6cc[n+](CC(=O)N(C)C)cc6)c(C(F)(F)C(F)(F)F)o5)cc4)cc3)oc2C(F)(F)C(F)(F)F)cc1.[I-].[I-]. The molecule has 0 radical (unpaired) electrons.